The summed E-state index contributed by atoms with van der Waals surface area (Å²) in [4.78, 5) is 2.29. The molecule has 0 atom stereocenters. The van der Waals surface area contributed by atoms with E-state index in [4.69, 9.17) is 0 Å². The molecule has 1 aliphatic rings. The van der Waals surface area contributed by atoms with Crippen LogP contribution in [0.1, 0.15) is 24.8 Å². The van der Waals surface area contributed by atoms with E-state index < -0.39 is 0 Å². The first-order valence-electron chi connectivity index (χ1n) is 6.42. The molecule has 1 aromatic rings. The Morgan fingerprint density at radius 1 is 1.28 bits per heavy atom. The lowest BCUT2D eigenvalue weighted by Crippen LogP contribution is -2.56. The van der Waals surface area contributed by atoms with Gasteiger partial charge in [-0.1, -0.05) is 6.07 Å². The average Bonchev–Trinajstić information content (AvgIpc) is 2.24. The molecule has 3 N–H and O–H groups in total. The highest BCUT2D eigenvalue weighted by atomic mass is 16.3. The van der Waals surface area contributed by atoms with Crippen molar-refractivity contribution in [1.82, 2.24) is 10.2 Å². The van der Waals surface area contributed by atoms with Gasteiger partial charge in [0, 0.05) is 30.3 Å². The standard InChI is InChI=1S/C14H22N2O2/c1-16(2)14(6-3-7-14)10-15-9-11-4-5-12(17)8-13(11)18/h4-5,8,15,17-18H,3,6-7,9-10H2,1-2H3. The summed E-state index contributed by atoms with van der Waals surface area (Å²) in [7, 11) is 4.25. The number of likely N-dealkylation sites (N-methyl/N-ethyl adjacent to an activating group) is 1. The Kier molecular flexibility index (Phi) is 3.78. The lowest BCUT2D eigenvalue weighted by atomic mass is 9.75. The summed E-state index contributed by atoms with van der Waals surface area (Å²) in [5.41, 5.74) is 1.10. The normalized spacial score (nSPS) is 17.7. The number of hydrogen-bond donors (Lipinski definition) is 3. The summed E-state index contributed by atoms with van der Waals surface area (Å²) in [5, 5.41) is 22.3. The molecule has 0 saturated heterocycles. The second kappa shape index (κ2) is 5.16. The van der Waals surface area contributed by atoms with Crippen molar-refractivity contribution in [3.8, 4) is 11.5 Å². The van der Waals surface area contributed by atoms with Crippen molar-refractivity contribution in [3.05, 3.63) is 23.8 Å². The molecule has 18 heavy (non-hydrogen) atoms. The van der Waals surface area contributed by atoms with Crippen LogP contribution in [0.25, 0.3) is 0 Å². The highest BCUT2D eigenvalue weighted by molar-refractivity contribution is 5.38. The molecule has 100 valence electrons. The Hall–Kier alpha value is -1.26. The van der Waals surface area contributed by atoms with Gasteiger partial charge < -0.3 is 20.4 Å². The minimum absolute atomic E-state index is 0.0972. The molecule has 0 heterocycles. The molecule has 4 heteroatoms. The van der Waals surface area contributed by atoms with E-state index in [1.165, 1.54) is 25.3 Å². The van der Waals surface area contributed by atoms with E-state index in [1.807, 2.05) is 0 Å². The van der Waals surface area contributed by atoms with Gasteiger partial charge in [0.05, 0.1) is 0 Å². The lowest BCUT2D eigenvalue weighted by Gasteiger charge is -2.47. The lowest BCUT2D eigenvalue weighted by molar-refractivity contribution is 0.0597. The molecule has 0 aromatic heterocycles. The zero-order chi connectivity index (χ0) is 13.2. The number of nitrogens with zero attached hydrogens (tertiary/aromatic N) is 1. The third kappa shape index (κ3) is 2.60. The van der Waals surface area contributed by atoms with Crippen molar-refractivity contribution in [2.24, 2.45) is 0 Å². The van der Waals surface area contributed by atoms with Crippen LogP contribution in [0.5, 0.6) is 11.5 Å². The number of aromatic hydroxyl groups is 2. The van der Waals surface area contributed by atoms with Crippen LogP contribution in [0.4, 0.5) is 0 Å². The van der Waals surface area contributed by atoms with Crippen molar-refractivity contribution >= 4 is 0 Å². The van der Waals surface area contributed by atoms with Crippen LogP contribution < -0.4 is 5.32 Å². The Labute approximate surface area is 108 Å². The Morgan fingerprint density at radius 3 is 2.50 bits per heavy atom. The molecule has 1 fully saturated rings. The summed E-state index contributed by atoms with van der Waals surface area (Å²) in [6, 6.07) is 4.73. The topological polar surface area (TPSA) is 55.7 Å². The van der Waals surface area contributed by atoms with Gasteiger partial charge in [-0.15, -0.1) is 0 Å². The Morgan fingerprint density at radius 2 is 2.00 bits per heavy atom. The van der Waals surface area contributed by atoms with E-state index >= 15 is 0 Å². The van der Waals surface area contributed by atoms with Gasteiger partial charge in [0.1, 0.15) is 11.5 Å². The van der Waals surface area contributed by atoms with Gasteiger partial charge in [-0.25, -0.2) is 0 Å². The largest absolute Gasteiger partial charge is 0.508 e. The smallest absolute Gasteiger partial charge is 0.123 e. The van der Waals surface area contributed by atoms with E-state index in [0.29, 0.717) is 6.54 Å². The first kappa shape index (κ1) is 13.2. The van der Waals surface area contributed by atoms with Crippen molar-refractivity contribution in [3.63, 3.8) is 0 Å². The second-order valence-corrected chi connectivity index (χ2v) is 5.39. The summed E-state index contributed by atoms with van der Waals surface area (Å²) in [6.45, 7) is 1.56. The monoisotopic (exact) mass is 250 g/mol. The van der Waals surface area contributed by atoms with Gasteiger partial charge in [-0.3, -0.25) is 0 Å². The van der Waals surface area contributed by atoms with Crippen molar-refractivity contribution in [1.29, 1.82) is 0 Å². The number of phenolic OH excluding ortho intramolecular Hbond substituents is 2. The quantitative estimate of drug-likeness (QED) is 0.744. The molecule has 1 aromatic carbocycles. The average molecular weight is 250 g/mol. The maximum atomic E-state index is 9.69. The predicted molar refractivity (Wildman–Crippen MR) is 71.7 cm³/mol. The molecule has 4 nitrogen and oxygen atoms in total. The number of hydrogen-bond acceptors (Lipinski definition) is 4. The molecule has 0 unspecified atom stereocenters. The number of nitrogens with one attached hydrogen (secondary N) is 1. The van der Waals surface area contributed by atoms with E-state index in [0.717, 1.165) is 12.1 Å². The summed E-state index contributed by atoms with van der Waals surface area (Å²) >= 11 is 0. The first-order valence-corrected chi connectivity index (χ1v) is 6.42. The summed E-state index contributed by atoms with van der Waals surface area (Å²) < 4.78 is 0. The molecular formula is C14H22N2O2. The fourth-order valence-electron chi connectivity index (χ4n) is 2.50. The third-order valence-electron chi connectivity index (χ3n) is 4.07. The van der Waals surface area contributed by atoms with Crippen LogP contribution in [0.15, 0.2) is 18.2 Å². The Bertz CT molecular complexity index is 414. The van der Waals surface area contributed by atoms with Gasteiger partial charge in [0.2, 0.25) is 0 Å². The molecular weight excluding hydrogens is 228 g/mol. The van der Waals surface area contributed by atoms with E-state index in [9.17, 15) is 10.2 Å². The third-order valence-corrected chi connectivity index (χ3v) is 4.07. The fourth-order valence-corrected chi connectivity index (χ4v) is 2.50. The van der Waals surface area contributed by atoms with Crippen LogP contribution in [0.2, 0.25) is 0 Å². The minimum atomic E-state index is 0.0972. The minimum Gasteiger partial charge on any atom is -0.508 e. The van der Waals surface area contributed by atoms with E-state index in [-0.39, 0.29) is 17.0 Å². The van der Waals surface area contributed by atoms with Crippen LogP contribution in [-0.2, 0) is 6.54 Å². The maximum absolute atomic E-state index is 9.69. The van der Waals surface area contributed by atoms with Crippen molar-refractivity contribution in [2.45, 2.75) is 31.3 Å². The van der Waals surface area contributed by atoms with Crippen molar-refractivity contribution in [2.75, 3.05) is 20.6 Å². The van der Waals surface area contributed by atoms with Gasteiger partial charge in [-0.05, 0) is 39.4 Å². The van der Waals surface area contributed by atoms with Crippen LogP contribution >= 0.6 is 0 Å². The highest BCUT2D eigenvalue weighted by Crippen LogP contribution is 2.35. The molecule has 0 bridgehead atoms. The zero-order valence-electron chi connectivity index (χ0n) is 11.1. The van der Waals surface area contributed by atoms with Crippen molar-refractivity contribution < 1.29 is 10.2 Å². The number of phenols is 2. The van der Waals surface area contributed by atoms with Crippen LogP contribution in [-0.4, -0.2) is 41.3 Å². The fraction of sp³-hybridized carbons (Fsp3) is 0.571. The number of benzene rings is 1. The predicted octanol–water partition coefficient (Wildman–Crippen LogP) is 1.67. The van der Waals surface area contributed by atoms with Gasteiger partial charge >= 0.3 is 0 Å². The Balaban J connectivity index is 1.88. The SMILES string of the molecule is CN(C)C1(CNCc2ccc(O)cc2O)CCC1. The van der Waals surface area contributed by atoms with Crippen LogP contribution in [0.3, 0.4) is 0 Å². The second-order valence-electron chi connectivity index (χ2n) is 5.39. The molecule has 0 radical (unpaired) electrons. The van der Waals surface area contributed by atoms with E-state index in [2.05, 4.69) is 24.3 Å². The molecule has 0 aliphatic heterocycles. The summed E-state index contributed by atoms with van der Waals surface area (Å²) in [5.74, 6) is 0.245. The van der Waals surface area contributed by atoms with Gasteiger partial charge in [0.15, 0.2) is 0 Å². The van der Waals surface area contributed by atoms with Crippen LogP contribution in [0, 0.1) is 0 Å². The molecule has 1 saturated carbocycles. The maximum Gasteiger partial charge on any atom is 0.123 e. The van der Waals surface area contributed by atoms with Gasteiger partial charge in [-0.2, -0.15) is 0 Å². The first-order chi connectivity index (χ1) is 8.53. The zero-order valence-corrected chi connectivity index (χ0v) is 11.1. The highest BCUT2D eigenvalue weighted by Gasteiger charge is 2.38. The molecule has 0 amide bonds. The van der Waals surface area contributed by atoms with Gasteiger partial charge in [0.25, 0.3) is 0 Å². The molecule has 1 aliphatic carbocycles. The molecule has 2 rings (SSSR count). The molecule has 0 spiro atoms. The summed E-state index contributed by atoms with van der Waals surface area (Å²) in [6.07, 6.45) is 3.76. The van der Waals surface area contributed by atoms with E-state index in [1.54, 1.807) is 12.1 Å². The number of rotatable bonds is 5.